The molecule has 0 atom stereocenters. The van der Waals surface area contributed by atoms with E-state index in [2.05, 4.69) is 6.92 Å². The highest BCUT2D eigenvalue weighted by atomic mass is 16.6. The molecule has 0 N–H and O–H groups in total. The van der Waals surface area contributed by atoms with Gasteiger partial charge in [-0.05, 0) is 13.3 Å². The number of hydrogen-bond acceptors (Lipinski definition) is 4. The van der Waals surface area contributed by atoms with E-state index in [1.54, 1.807) is 6.92 Å². The van der Waals surface area contributed by atoms with Crippen LogP contribution in [0.4, 0.5) is 0 Å². The summed E-state index contributed by atoms with van der Waals surface area (Å²) in [5, 5.41) is 0. The number of unbranched alkanes of at least 4 members (excludes halogenated alkanes) is 14. The minimum Gasteiger partial charge on any atom is -0.463 e. The van der Waals surface area contributed by atoms with Gasteiger partial charge in [-0.15, -0.1) is 0 Å². The molecular weight excluding hydrogens is 328 g/mol. The number of carbonyl (C=O) groups excluding carboxylic acids is 2. The Kier molecular flexibility index (Phi) is 19.4. The highest BCUT2D eigenvalue weighted by molar-refractivity contribution is 5.76. The third-order valence-corrected chi connectivity index (χ3v) is 4.64. The van der Waals surface area contributed by atoms with E-state index < -0.39 is 5.97 Å². The van der Waals surface area contributed by atoms with Gasteiger partial charge in [0.2, 0.25) is 0 Å². The highest BCUT2D eigenvalue weighted by Crippen LogP contribution is 2.13. The Morgan fingerprint density at radius 3 is 1.38 bits per heavy atom. The molecule has 0 aromatic rings. The van der Waals surface area contributed by atoms with Gasteiger partial charge in [0.05, 0.1) is 6.61 Å². The van der Waals surface area contributed by atoms with Crippen molar-refractivity contribution in [2.45, 2.75) is 117 Å². The van der Waals surface area contributed by atoms with Crippen molar-refractivity contribution < 1.29 is 19.1 Å². The van der Waals surface area contributed by atoms with Crippen LogP contribution in [0.3, 0.4) is 0 Å². The molecule has 0 saturated heterocycles. The molecule has 0 rings (SSSR count). The van der Waals surface area contributed by atoms with Crippen LogP contribution in [0.1, 0.15) is 117 Å². The fraction of sp³-hybridized carbons (Fsp3) is 0.909. The number of esters is 2. The van der Waals surface area contributed by atoms with Gasteiger partial charge in [-0.3, -0.25) is 4.79 Å². The molecule has 0 bridgehead atoms. The Balaban J connectivity index is 3.17. The Labute approximate surface area is 161 Å². The van der Waals surface area contributed by atoms with Crippen molar-refractivity contribution in [1.82, 2.24) is 0 Å². The van der Waals surface area contributed by atoms with Gasteiger partial charge in [-0.25, -0.2) is 4.79 Å². The molecule has 26 heavy (non-hydrogen) atoms. The fourth-order valence-electron chi connectivity index (χ4n) is 3.05. The largest absolute Gasteiger partial charge is 0.463 e. The van der Waals surface area contributed by atoms with E-state index in [0.717, 1.165) is 12.8 Å². The van der Waals surface area contributed by atoms with Crippen molar-refractivity contribution >= 4 is 11.9 Å². The number of rotatable bonds is 19. The van der Waals surface area contributed by atoms with E-state index in [4.69, 9.17) is 9.47 Å². The van der Waals surface area contributed by atoms with Crippen molar-refractivity contribution in [2.24, 2.45) is 0 Å². The smallest absolute Gasteiger partial charge is 0.344 e. The molecule has 154 valence electrons. The Morgan fingerprint density at radius 1 is 0.538 bits per heavy atom. The molecular formula is C22H42O4. The molecule has 0 aromatic carbocycles. The normalized spacial score (nSPS) is 10.7. The zero-order chi connectivity index (χ0) is 19.3. The third-order valence-electron chi connectivity index (χ3n) is 4.64. The molecule has 0 aliphatic rings. The minimum atomic E-state index is -0.475. The highest BCUT2D eigenvalue weighted by Gasteiger charge is 2.07. The van der Waals surface area contributed by atoms with E-state index in [-0.39, 0.29) is 12.6 Å². The van der Waals surface area contributed by atoms with Crippen LogP contribution >= 0.6 is 0 Å². The number of ether oxygens (including phenoxy) is 2. The standard InChI is InChI=1S/C22H42O4/c1-3-5-6-7-8-9-10-11-12-13-14-15-16-17-18-19-21(23)26-20-22(24)25-4-2/h3-20H2,1-2H3. The van der Waals surface area contributed by atoms with E-state index in [1.165, 1.54) is 83.5 Å². The van der Waals surface area contributed by atoms with Crippen LogP contribution in [0, 0.1) is 0 Å². The van der Waals surface area contributed by atoms with E-state index in [9.17, 15) is 9.59 Å². The quantitative estimate of drug-likeness (QED) is 0.196. The van der Waals surface area contributed by atoms with Crippen molar-refractivity contribution in [1.29, 1.82) is 0 Å². The lowest BCUT2D eigenvalue weighted by Crippen LogP contribution is -2.16. The van der Waals surface area contributed by atoms with Gasteiger partial charge in [0.1, 0.15) is 0 Å². The van der Waals surface area contributed by atoms with Crippen LogP contribution in [0.5, 0.6) is 0 Å². The van der Waals surface area contributed by atoms with Crippen LogP contribution in [0.2, 0.25) is 0 Å². The van der Waals surface area contributed by atoms with E-state index >= 15 is 0 Å². The van der Waals surface area contributed by atoms with Crippen LogP contribution in [-0.2, 0) is 19.1 Å². The summed E-state index contributed by atoms with van der Waals surface area (Å²) in [5.74, 6) is -0.773. The van der Waals surface area contributed by atoms with Gasteiger partial charge in [0.15, 0.2) is 6.61 Å². The first-order chi connectivity index (χ1) is 12.7. The molecule has 0 saturated carbocycles. The molecule has 0 spiro atoms. The molecule has 0 aliphatic heterocycles. The predicted octanol–water partition coefficient (Wildman–Crippen LogP) is 6.35. The molecule has 0 fully saturated rings. The number of hydrogen-bond donors (Lipinski definition) is 0. The topological polar surface area (TPSA) is 52.6 Å². The maximum absolute atomic E-state index is 11.5. The second-order valence-electron chi connectivity index (χ2n) is 7.17. The summed E-state index contributed by atoms with van der Waals surface area (Å²) in [6, 6.07) is 0. The maximum atomic E-state index is 11.5. The molecule has 0 heterocycles. The van der Waals surface area contributed by atoms with Crippen LogP contribution < -0.4 is 0 Å². The first-order valence-electron chi connectivity index (χ1n) is 11.0. The molecule has 0 radical (unpaired) electrons. The van der Waals surface area contributed by atoms with Gasteiger partial charge in [0, 0.05) is 6.42 Å². The first-order valence-corrected chi connectivity index (χ1v) is 11.0. The summed E-state index contributed by atoms with van der Waals surface area (Å²) < 4.78 is 9.57. The third kappa shape index (κ3) is 19.3. The summed E-state index contributed by atoms with van der Waals surface area (Å²) in [5.41, 5.74) is 0. The first kappa shape index (κ1) is 24.9. The number of carbonyl (C=O) groups is 2. The Morgan fingerprint density at radius 2 is 0.962 bits per heavy atom. The van der Waals surface area contributed by atoms with Crippen molar-refractivity contribution in [3.63, 3.8) is 0 Å². The van der Waals surface area contributed by atoms with Gasteiger partial charge in [0.25, 0.3) is 0 Å². The zero-order valence-electron chi connectivity index (χ0n) is 17.4. The summed E-state index contributed by atoms with van der Waals surface area (Å²) >= 11 is 0. The zero-order valence-corrected chi connectivity index (χ0v) is 17.4. The van der Waals surface area contributed by atoms with Gasteiger partial charge >= 0.3 is 11.9 Å². The minimum absolute atomic E-state index is 0.259. The van der Waals surface area contributed by atoms with Crippen molar-refractivity contribution in [2.75, 3.05) is 13.2 Å². The maximum Gasteiger partial charge on any atom is 0.344 e. The van der Waals surface area contributed by atoms with E-state index in [0.29, 0.717) is 13.0 Å². The lowest BCUT2D eigenvalue weighted by Gasteiger charge is -2.05. The summed E-state index contributed by atoms with van der Waals surface area (Å²) in [6.07, 6.45) is 20.0. The second kappa shape index (κ2) is 20.3. The monoisotopic (exact) mass is 370 g/mol. The summed E-state index contributed by atoms with van der Waals surface area (Å²) in [4.78, 5) is 22.5. The Hall–Kier alpha value is -1.06. The van der Waals surface area contributed by atoms with Crippen LogP contribution in [-0.4, -0.2) is 25.2 Å². The average Bonchev–Trinajstić information content (AvgIpc) is 2.63. The van der Waals surface area contributed by atoms with E-state index in [1.807, 2.05) is 0 Å². The van der Waals surface area contributed by atoms with Gasteiger partial charge < -0.3 is 9.47 Å². The second-order valence-corrected chi connectivity index (χ2v) is 7.17. The summed E-state index contributed by atoms with van der Waals surface area (Å²) in [6.45, 7) is 4.05. The lowest BCUT2D eigenvalue weighted by atomic mass is 10.0. The Bertz CT molecular complexity index is 328. The van der Waals surface area contributed by atoms with Crippen LogP contribution in [0.25, 0.3) is 0 Å². The van der Waals surface area contributed by atoms with Gasteiger partial charge in [-0.1, -0.05) is 96.8 Å². The van der Waals surface area contributed by atoms with Gasteiger partial charge in [-0.2, -0.15) is 0 Å². The molecule has 0 aliphatic carbocycles. The molecule has 4 nitrogen and oxygen atoms in total. The molecule has 0 amide bonds. The molecule has 4 heteroatoms. The average molecular weight is 371 g/mol. The molecule has 0 aromatic heterocycles. The molecule has 0 unspecified atom stereocenters. The summed E-state index contributed by atoms with van der Waals surface area (Å²) in [7, 11) is 0. The predicted molar refractivity (Wildman–Crippen MR) is 107 cm³/mol. The van der Waals surface area contributed by atoms with Crippen molar-refractivity contribution in [3.05, 3.63) is 0 Å². The van der Waals surface area contributed by atoms with Crippen molar-refractivity contribution in [3.8, 4) is 0 Å². The van der Waals surface area contributed by atoms with Crippen LogP contribution in [0.15, 0.2) is 0 Å². The SMILES string of the molecule is CCCCCCCCCCCCCCCCCC(=O)OCC(=O)OCC. The lowest BCUT2D eigenvalue weighted by molar-refractivity contribution is -0.158. The fourth-order valence-corrected chi connectivity index (χ4v) is 3.05.